The van der Waals surface area contributed by atoms with Crippen molar-refractivity contribution in [2.75, 3.05) is 11.1 Å². The van der Waals surface area contributed by atoms with Crippen molar-refractivity contribution in [1.29, 1.82) is 0 Å². The van der Waals surface area contributed by atoms with E-state index >= 15 is 0 Å². The number of halogens is 2. The molecule has 1 heterocycles. The molecule has 0 fully saturated rings. The number of benzene rings is 2. The van der Waals surface area contributed by atoms with Gasteiger partial charge in [-0.3, -0.25) is 10.1 Å². The summed E-state index contributed by atoms with van der Waals surface area (Å²) in [7, 11) is 0. The number of nitrogen functional groups attached to an aromatic ring is 1. The van der Waals surface area contributed by atoms with Gasteiger partial charge in [0, 0.05) is 32.8 Å². The highest BCUT2D eigenvalue weighted by molar-refractivity contribution is 7.14. The number of nitrogens with one attached hydrogen (secondary N) is 1. The standard InChI is InChI=1S/C18H13Cl2N3OS/c19-13-5-1-11(15(20)9-13)4-8-17(24)23-18-22-16(10-25-18)12-2-6-14(21)7-3-12/h1-10H,21H2,(H,22,23,24)/b8-4+. The number of nitrogens with zero attached hydrogens (tertiary/aromatic N) is 1. The molecule has 3 aromatic rings. The van der Waals surface area contributed by atoms with E-state index in [9.17, 15) is 4.79 Å². The zero-order valence-electron chi connectivity index (χ0n) is 12.9. The largest absolute Gasteiger partial charge is 0.399 e. The van der Waals surface area contributed by atoms with Crippen molar-refractivity contribution in [2.45, 2.75) is 0 Å². The van der Waals surface area contributed by atoms with Crippen LogP contribution < -0.4 is 11.1 Å². The summed E-state index contributed by atoms with van der Waals surface area (Å²) in [5.74, 6) is -0.288. The van der Waals surface area contributed by atoms with Crippen LogP contribution in [0.3, 0.4) is 0 Å². The van der Waals surface area contributed by atoms with Gasteiger partial charge >= 0.3 is 0 Å². The molecule has 1 amide bonds. The molecule has 3 N–H and O–H groups in total. The summed E-state index contributed by atoms with van der Waals surface area (Å²) in [4.78, 5) is 16.4. The van der Waals surface area contributed by atoms with Crippen molar-refractivity contribution in [3.8, 4) is 11.3 Å². The Hall–Kier alpha value is -2.34. The minimum Gasteiger partial charge on any atom is -0.399 e. The monoisotopic (exact) mass is 389 g/mol. The number of hydrogen-bond acceptors (Lipinski definition) is 4. The normalized spacial score (nSPS) is 11.0. The molecule has 0 aliphatic rings. The minimum absolute atomic E-state index is 0.288. The molecular formula is C18H13Cl2N3OS. The fraction of sp³-hybridized carbons (Fsp3) is 0. The molecule has 0 saturated heterocycles. The zero-order valence-corrected chi connectivity index (χ0v) is 15.2. The number of aromatic nitrogens is 1. The first kappa shape index (κ1) is 17.5. The number of nitrogens with two attached hydrogens (primary N) is 1. The van der Waals surface area contributed by atoms with Crippen LogP contribution in [0, 0.1) is 0 Å². The lowest BCUT2D eigenvalue weighted by molar-refractivity contribution is -0.111. The van der Waals surface area contributed by atoms with Crippen LogP contribution in [0.25, 0.3) is 17.3 Å². The Morgan fingerprint density at radius 1 is 1.16 bits per heavy atom. The lowest BCUT2D eigenvalue weighted by Gasteiger charge is -1.99. The predicted octanol–water partition coefficient (Wildman–Crippen LogP) is 5.35. The van der Waals surface area contributed by atoms with E-state index in [4.69, 9.17) is 28.9 Å². The predicted molar refractivity (Wildman–Crippen MR) is 106 cm³/mol. The molecule has 4 nitrogen and oxygen atoms in total. The van der Waals surface area contributed by atoms with E-state index in [-0.39, 0.29) is 5.91 Å². The van der Waals surface area contributed by atoms with Gasteiger partial charge in [0.05, 0.1) is 5.69 Å². The van der Waals surface area contributed by atoms with Crippen molar-refractivity contribution in [3.63, 3.8) is 0 Å². The molecule has 0 spiro atoms. The van der Waals surface area contributed by atoms with E-state index in [1.807, 2.05) is 29.6 Å². The molecule has 7 heteroatoms. The van der Waals surface area contributed by atoms with E-state index in [1.165, 1.54) is 17.4 Å². The van der Waals surface area contributed by atoms with Crippen molar-refractivity contribution in [3.05, 3.63) is 69.5 Å². The third kappa shape index (κ3) is 4.60. The first-order valence-electron chi connectivity index (χ1n) is 7.27. The molecule has 0 saturated carbocycles. The summed E-state index contributed by atoms with van der Waals surface area (Å²) in [5.41, 5.74) is 8.80. The van der Waals surface area contributed by atoms with Gasteiger partial charge in [-0.2, -0.15) is 0 Å². The third-order valence-electron chi connectivity index (χ3n) is 3.32. The fourth-order valence-corrected chi connectivity index (χ4v) is 3.26. The van der Waals surface area contributed by atoms with Crippen molar-refractivity contribution < 1.29 is 4.79 Å². The number of rotatable bonds is 4. The van der Waals surface area contributed by atoms with E-state index in [0.717, 1.165) is 11.3 Å². The second-order valence-corrected chi connectivity index (χ2v) is 6.85. The molecule has 0 aliphatic carbocycles. The first-order valence-corrected chi connectivity index (χ1v) is 8.90. The maximum Gasteiger partial charge on any atom is 0.250 e. The number of anilines is 2. The van der Waals surface area contributed by atoms with Crippen LogP contribution in [-0.2, 0) is 4.79 Å². The van der Waals surface area contributed by atoms with Crippen molar-refractivity contribution in [1.82, 2.24) is 4.98 Å². The van der Waals surface area contributed by atoms with Gasteiger partial charge in [-0.25, -0.2) is 4.98 Å². The van der Waals surface area contributed by atoms with Gasteiger partial charge in [0.1, 0.15) is 0 Å². The van der Waals surface area contributed by atoms with Gasteiger partial charge in [0.2, 0.25) is 5.91 Å². The molecule has 0 bridgehead atoms. The summed E-state index contributed by atoms with van der Waals surface area (Å²) < 4.78 is 0. The van der Waals surface area contributed by atoms with Crippen molar-refractivity contribution in [2.24, 2.45) is 0 Å². The second kappa shape index (κ2) is 7.70. The highest BCUT2D eigenvalue weighted by Gasteiger charge is 2.07. The molecule has 25 heavy (non-hydrogen) atoms. The number of carbonyl (C=O) groups excluding carboxylic acids is 1. The second-order valence-electron chi connectivity index (χ2n) is 5.15. The third-order valence-corrected chi connectivity index (χ3v) is 4.64. The number of carbonyl (C=O) groups is 1. The Morgan fingerprint density at radius 2 is 1.92 bits per heavy atom. The summed E-state index contributed by atoms with van der Waals surface area (Å²) in [6.07, 6.45) is 3.03. The first-order chi connectivity index (χ1) is 12.0. The molecule has 3 rings (SSSR count). The lowest BCUT2D eigenvalue weighted by Crippen LogP contribution is -2.07. The molecule has 1 aromatic heterocycles. The minimum atomic E-state index is -0.288. The van der Waals surface area contributed by atoms with Crippen LogP contribution in [-0.4, -0.2) is 10.9 Å². The molecule has 2 aromatic carbocycles. The van der Waals surface area contributed by atoms with Gasteiger partial charge in [0.25, 0.3) is 0 Å². The Labute approximate surface area is 158 Å². The van der Waals surface area contributed by atoms with Gasteiger partial charge in [-0.1, -0.05) is 41.4 Å². The van der Waals surface area contributed by atoms with E-state index in [1.54, 1.807) is 24.3 Å². The highest BCUT2D eigenvalue weighted by Crippen LogP contribution is 2.26. The molecule has 0 aliphatic heterocycles. The van der Waals surface area contributed by atoms with Gasteiger partial charge in [-0.05, 0) is 35.9 Å². The Kier molecular flexibility index (Phi) is 5.38. The van der Waals surface area contributed by atoms with Crippen LogP contribution in [0.4, 0.5) is 10.8 Å². The average Bonchev–Trinajstić information content (AvgIpc) is 3.03. The number of thiazole rings is 1. The van der Waals surface area contributed by atoms with Gasteiger partial charge in [-0.15, -0.1) is 11.3 Å². The highest BCUT2D eigenvalue weighted by atomic mass is 35.5. The van der Waals surface area contributed by atoms with Crippen molar-refractivity contribution >= 4 is 57.3 Å². The molecular weight excluding hydrogens is 377 g/mol. The number of amides is 1. The summed E-state index contributed by atoms with van der Waals surface area (Å²) >= 11 is 13.3. The summed E-state index contributed by atoms with van der Waals surface area (Å²) in [5, 5.41) is 6.15. The quantitative estimate of drug-likeness (QED) is 0.466. The number of hydrogen-bond donors (Lipinski definition) is 2. The molecule has 126 valence electrons. The van der Waals surface area contributed by atoms with E-state index < -0.39 is 0 Å². The van der Waals surface area contributed by atoms with E-state index in [2.05, 4.69) is 10.3 Å². The molecule has 0 radical (unpaired) electrons. The lowest BCUT2D eigenvalue weighted by atomic mass is 10.1. The smallest absolute Gasteiger partial charge is 0.250 e. The SMILES string of the molecule is Nc1ccc(-c2csc(NC(=O)/C=C/c3ccc(Cl)cc3Cl)n2)cc1. The Bertz CT molecular complexity index is 936. The maximum absolute atomic E-state index is 12.0. The van der Waals surface area contributed by atoms with Crippen LogP contribution in [0.1, 0.15) is 5.56 Å². The topological polar surface area (TPSA) is 68.0 Å². The van der Waals surface area contributed by atoms with Gasteiger partial charge < -0.3 is 5.73 Å². The fourth-order valence-electron chi connectivity index (χ4n) is 2.07. The van der Waals surface area contributed by atoms with Crippen LogP contribution in [0.2, 0.25) is 10.0 Å². The molecule has 0 unspecified atom stereocenters. The summed E-state index contributed by atoms with van der Waals surface area (Å²) in [6, 6.07) is 12.5. The van der Waals surface area contributed by atoms with Crippen LogP contribution in [0.5, 0.6) is 0 Å². The maximum atomic E-state index is 12.0. The van der Waals surface area contributed by atoms with Crippen LogP contribution >= 0.6 is 34.5 Å². The Morgan fingerprint density at radius 3 is 2.64 bits per heavy atom. The van der Waals surface area contributed by atoms with Gasteiger partial charge in [0.15, 0.2) is 5.13 Å². The van der Waals surface area contributed by atoms with Crippen LogP contribution in [0.15, 0.2) is 53.9 Å². The average molecular weight is 390 g/mol. The Balaban J connectivity index is 1.67. The molecule has 0 atom stereocenters. The zero-order chi connectivity index (χ0) is 17.8. The van der Waals surface area contributed by atoms with E-state index in [0.29, 0.717) is 26.4 Å². The summed E-state index contributed by atoms with van der Waals surface area (Å²) in [6.45, 7) is 0.